The van der Waals surface area contributed by atoms with Gasteiger partial charge in [0, 0.05) is 16.9 Å². The molecule has 1 fully saturated rings. The zero-order valence-corrected chi connectivity index (χ0v) is 15.0. The first kappa shape index (κ1) is 17.6. The van der Waals surface area contributed by atoms with Crippen molar-refractivity contribution in [2.45, 2.75) is 0 Å². The Morgan fingerprint density at radius 3 is 2.39 bits per heavy atom. The number of nitrogens with one attached hydrogen (secondary N) is 1. The first-order valence-corrected chi connectivity index (χ1v) is 8.88. The largest absolute Gasteiger partial charge is 0.457 e. The summed E-state index contributed by atoms with van der Waals surface area (Å²) in [4.78, 5) is 25.8. The van der Waals surface area contributed by atoms with Crippen molar-refractivity contribution in [1.82, 2.24) is 0 Å². The van der Waals surface area contributed by atoms with E-state index in [1.807, 2.05) is 30.3 Å². The van der Waals surface area contributed by atoms with Crippen LogP contribution in [0.25, 0.3) is 0 Å². The van der Waals surface area contributed by atoms with Crippen LogP contribution in [0.4, 0.5) is 16.2 Å². The van der Waals surface area contributed by atoms with Crippen molar-refractivity contribution in [2.75, 3.05) is 23.4 Å². The quantitative estimate of drug-likeness (QED) is 0.704. The molecule has 0 atom stereocenters. The second-order valence-electron chi connectivity index (χ2n) is 6.21. The lowest BCUT2D eigenvalue weighted by molar-refractivity contribution is 0.102. The molecule has 6 heteroatoms. The highest BCUT2D eigenvalue weighted by Crippen LogP contribution is 2.24. The molecule has 0 bridgehead atoms. The number of amides is 2. The van der Waals surface area contributed by atoms with Gasteiger partial charge in [0.1, 0.15) is 18.1 Å². The lowest BCUT2D eigenvalue weighted by Gasteiger charge is -2.14. The Bertz CT molecular complexity index is 987. The van der Waals surface area contributed by atoms with Gasteiger partial charge in [0.2, 0.25) is 0 Å². The smallest absolute Gasteiger partial charge is 0.414 e. The third-order valence-corrected chi connectivity index (χ3v) is 4.27. The van der Waals surface area contributed by atoms with Crippen molar-refractivity contribution in [3.63, 3.8) is 0 Å². The number of carbonyl (C=O) groups excluding carboxylic acids is 2. The molecule has 1 saturated heterocycles. The van der Waals surface area contributed by atoms with Gasteiger partial charge in [-0.05, 0) is 54.6 Å². The minimum atomic E-state index is -0.397. The number of ether oxygens (including phenoxy) is 2. The number of rotatable bonds is 5. The van der Waals surface area contributed by atoms with Crippen molar-refractivity contribution in [3.05, 3.63) is 84.4 Å². The van der Waals surface area contributed by atoms with E-state index in [-0.39, 0.29) is 5.91 Å². The fraction of sp³-hybridized carbons (Fsp3) is 0.0909. The maximum Gasteiger partial charge on any atom is 0.414 e. The average molecular weight is 374 g/mol. The molecule has 0 spiro atoms. The minimum absolute atomic E-state index is 0.258. The normalized spacial score (nSPS) is 13.1. The van der Waals surface area contributed by atoms with Crippen molar-refractivity contribution >= 4 is 23.4 Å². The van der Waals surface area contributed by atoms with Gasteiger partial charge in [-0.15, -0.1) is 0 Å². The fourth-order valence-electron chi connectivity index (χ4n) is 2.88. The summed E-state index contributed by atoms with van der Waals surface area (Å²) in [5.41, 5.74) is 1.75. The van der Waals surface area contributed by atoms with Crippen LogP contribution in [0.2, 0.25) is 0 Å². The Kier molecular flexibility index (Phi) is 4.93. The third kappa shape index (κ3) is 3.96. The second kappa shape index (κ2) is 7.84. The Morgan fingerprint density at radius 2 is 1.68 bits per heavy atom. The van der Waals surface area contributed by atoms with Gasteiger partial charge in [-0.3, -0.25) is 9.69 Å². The third-order valence-electron chi connectivity index (χ3n) is 4.27. The summed E-state index contributed by atoms with van der Waals surface area (Å²) in [6, 6.07) is 23.5. The Labute approximate surface area is 162 Å². The second-order valence-corrected chi connectivity index (χ2v) is 6.21. The number of carbonyl (C=O) groups is 2. The molecule has 4 rings (SSSR count). The molecule has 28 heavy (non-hydrogen) atoms. The van der Waals surface area contributed by atoms with Gasteiger partial charge in [0.15, 0.2) is 0 Å². The van der Waals surface area contributed by atoms with E-state index in [0.717, 1.165) is 5.75 Å². The van der Waals surface area contributed by atoms with Crippen molar-refractivity contribution in [2.24, 2.45) is 0 Å². The summed E-state index contributed by atoms with van der Waals surface area (Å²) >= 11 is 0. The maximum absolute atomic E-state index is 12.6. The number of hydrogen-bond acceptors (Lipinski definition) is 4. The minimum Gasteiger partial charge on any atom is -0.457 e. The van der Waals surface area contributed by atoms with Crippen LogP contribution in [-0.2, 0) is 4.74 Å². The molecule has 1 aliphatic rings. The molecule has 0 saturated carbocycles. The molecule has 1 N–H and O–H groups in total. The maximum atomic E-state index is 12.6. The predicted octanol–water partition coefficient (Wildman–Crippen LogP) is 4.69. The molecular weight excluding hydrogens is 356 g/mol. The summed E-state index contributed by atoms with van der Waals surface area (Å²) in [5, 5.41) is 2.85. The number of hydrogen-bond donors (Lipinski definition) is 1. The van der Waals surface area contributed by atoms with E-state index < -0.39 is 6.09 Å². The van der Waals surface area contributed by atoms with E-state index in [1.165, 1.54) is 4.90 Å². The Morgan fingerprint density at radius 1 is 0.929 bits per heavy atom. The van der Waals surface area contributed by atoms with Crippen LogP contribution in [0.15, 0.2) is 78.9 Å². The van der Waals surface area contributed by atoms with Gasteiger partial charge >= 0.3 is 6.09 Å². The summed E-state index contributed by atoms with van der Waals surface area (Å²) in [5.74, 6) is 1.17. The molecule has 1 aliphatic heterocycles. The topological polar surface area (TPSA) is 67.9 Å². The Balaban J connectivity index is 1.43. The molecule has 0 aliphatic carbocycles. The predicted molar refractivity (Wildman–Crippen MR) is 106 cm³/mol. The van der Waals surface area contributed by atoms with Crippen LogP contribution >= 0.6 is 0 Å². The van der Waals surface area contributed by atoms with E-state index in [4.69, 9.17) is 9.47 Å². The van der Waals surface area contributed by atoms with Crippen LogP contribution in [0, 0.1) is 0 Å². The lowest BCUT2D eigenvalue weighted by atomic mass is 10.1. The number of cyclic esters (lactones) is 1. The zero-order valence-electron chi connectivity index (χ0n) is 15.0. The molecular formula is C22H18N2O4. The molecule has 3 aromatic rings. The SMILES string of the molecule is O=C(Nc1ccc(Oc2ccccc2)cc1)c1cccc(N2CCOC2=O)c1. The monoisotopic (exact) mass is 374 g/mol. The lowest BCUT2D eigenvalue weighted by Crippen LogP contribution is -2.23. The first-order chi connectivity index (χ1) is 13.7. The number of anilines is 2. The highest BCUT2D eigenvalue weighted by atomic mass is 16.6. The first-order valence-electron chi connectivity index (χ1n) is 8.88. The molecule has 6 nitrogen and oxygen atoms in total. The van der Waals surface area contributed by atoms with Crippen LogP contribution in [0.1, 0.15) is 10.4 Å². The van der Waals surface area contributed by atoms with Gasteiger partial charge in [-0.2, -0.15) is 0 Å². The molecule has 0 unspecified atom stereocenters. The summed E-state index contributed by atoms with van der Waals surface area (Å²) < 4.78 is 10.7. The van der Waals surface area contributed by atoms with Gasteiger partial charge in [-0.25, -0.2) is 4.79 Å². The standard InChI is InChI=1S/C22H18N2O4/c25-21(16-5-4-6-18(15-16)24-13-14-27-22(24)26)23-17-9-11-20(12-10-17)28-19-7-2-1-3-8-19/h1-12,15H,13-14H2,(H,23,25). The van der Waals surface area contributed by atoms with Crippen LogP contribution in [0.3, 0.4) is 0 Å². The van der Waals surface area contributed by atoms with Crippen LogP contribution in [0.5, 0.6) is 11.5 Å². The van der Waals surface area contributed by atoms with Crippen molar-refractivity contribution < 1.29 is 19.1 Å². The van der Waals surface area contributed by atoms with Gasteiger partial charge < -0.3 is 14.8 Å². The van der Waals surface area contributed by atoms with Crippen LogP contribution in [-0.4, -0.2) is 25.2 Å². The van der Waals surface area contributed by atoms with Gasteiger partial charge in [-0.1, -0.05) is 24.3 Å². The van der Waals surface area contributed by atoms with E-state index in [1.54, 1.807) is 48.5 Å². The average Bonchev–Trinajstić information content (AvgIpc) is 3.16. The van der Waals surface area contributed by atoms with Crippen molar-refractivity contribution in [1.29, 1.82) is 0 Å². The Hall–Kier alpha value is -3.80. The number of para-hydroxylation sites is 1. The van der Waals surface area contributed by atoms with Crippen molar-refractivity contribution in [3.8, 4) is 11.5 Å². The molecule has 0 radical (unpaired) electrons. The highest BCUT2D eigenvalue weighted by Gasteiger charge is 2.24. The molecule has 2 amide bonds. The number of benzene rings is 3. The van der Waals surface area contributed by atoms with E-state index >= 15 is 0 Å². The molecule has 0 aromatic heterocycles. The highest BCUT2D eigenvalue weighted by molar-refractivity contribution is 6.05. The van der Waals surface area contributed by atoms with Crippen LogP contribution < -0.4 is 15.0 Å². The van der Waals surface area contributed by atoms with Gasteiger partial charge in [0.05, 0.1) is 6.54 Å². The number of nitrogens with zero attached hydrogens (tertiary/aromatic N) is 1. The van der Waals surface area contributed by atoms with Gasteiger partial charge in [0.25, 0.3) is 5.91 Å². The zero-order chi connectivity index (χ0) is 19.3. The molecule has 3 aromatic carbocycles. The summed E-state index contributed by atoms with van der Waals surface area (Å²) in [7, 11) is 0. The summed E-state index contributed by atoms with van der Waals surface area (Å²) in [6.45, 7) is 0.833. The summed E-state index contributed by atoms with van der Waals surface area (Å²) in [6.07, 6.45) is -0.397. The van der Waals surface area contributed by atoms with E-state index in [9.17, 15) is 9.59 Å². The molecule has 140 valence electrons. The van der Waals surface area contributed by atoms with E-state index in [0.29, 0.717) is 35.8 Å². The fourth-order valence-corrected chi connectivity index (χ4v) is 2.88. The molecule has 1 heterocycles. The van der Waals surface area contributed by atoms with E-state index in [2.05, 4.69) is 5.32 Å².